The van der Waals surface area contributed by atoms with E-state index in [1.165, 1.54) is 0 Å². The topological polar surface area (TPSA) is 35.2 Å². The number of aryl methyl sites for hydroxylation is 1. The van der Waals surface area contributed by atoms with E-state index in [0.717, 1.165) is 21.3 Å². The van der Waals surface area contributed by atoms with Crippen LogP contribution in [0, 0.1) is 6.92 Å². The molecule has 0 saturated carbocycles. The van der Waals surface area contributed by atoms with Crippen LogP contribution in [0.3, 0.4) is 0 Å². The number of halogens is 1. The normalized spacial score (nSPS) is 10.0. The number of hydrogen-bond donors (Lipinski definition) is 1. The van der Waals surface area contributed by atoms with Crippen LogP contribution in [0.2, 0.25) is 0 Å². The van der Waals surface area contributed by atoms with Crippen molar-refractivity contribution in [3.05, 3.63) is 27.7 Å². The van der Waals surface area contributed by atoms with Crippen molar-refractivity contribution in [1.82, 2.24) is 0 Å². The van der Waals surface area contributed by atoms with Gasteiger partial charge in [0.1, 0.15) is 5.75 Å². The Bertz CT molecular complexity index is 263. The summed E-state index contributed by atoms with van der Waals surface area (Å²) in [6.45, 7) is 2.56. The fourth-order valence-corrected chi connectivity index (χ4v) is 1.95. The van der Waals surface area contributed by atoms with Crippen molar-refractivity contribution in [2.24, 2.45) is 5.73 Å². The third kappa shape index (κ3) is 1.79. The molecular weight excluding hydrogens is 218 g/mol. The average molecular weight is 230 g/mol. The second-order valence-corrected chi connectivity index (χ2v) is 3.49. The van der Waals surface area contributed by atoms with Gasteiger partial charge in [-0.05, 0) is 40.0 Å². The van der Waals surface area contributed by atoms with Crippen LogP contribution in [0.25, 0.3) is 0 Å². The van der Waals surface area contributed by atoms with E-state index in [9.17, 15) is 0 Å². The largest absolute Gasteiger partial charge is 0.495 e. The molecule has 0 spiro atoms. The quantitative estimate of drug-likeness (QED) is 0.845. The summed E-state index contributed by atoms with van der Waals surface area (Å²) >= 11 is 3.42. The van der Waals surface area contributed by atoms with Gasteiger partial charge in [0.2, 0.25) is 0 Å². The Morgan fingerprint density at radius 2 is 2.17 bits per heavy atom. The molecule has 3 heteroatoms. The van der Waals surface area contributed by atoms with Crippen molar-refractivity contribution in [1.29, 1.82) is 0 Å². The summed E-state index contributed by atoms with van der Waals surface area (Å²) in [5, 5.41) is 0. The predicted molar refractivity (Wildman–Crippen MR) is 53.3 cm³/mol. The first kappa shape index (κ1) is 9.55. The summed E-state index contributed by atoms with van der Waals surface area (Å²) in [6, 6.07) is 4.01. The third-order valence-corrected chi connectivity index (χ3v) is 2.32. The average Bonchev–Trinajstić information content (AvgIpc) is 2.03. The summed E-state index contributed by atoms with van der Waals surface area (Å²) in [5.74, 6) is 0.882. The van der Waals surface area contributed by atoms with Gasteiger partial charge in [-0.3, -0.25) is 0 Å². The lowest BCUT2D eigenvalue weighted by atomic mass is 10.1. The van der Waals surface area contributed by atoms with Gasteiger partial charge in [-0.1, -0.05) is 6.07 Å². The summed E-state index contributed by atoms with van der Waals surface area (Å²) in [6.07, 6.45) is 0. The Kier molecular flexibility index (Phi) is 3.12. The molecule has 12 heavy (non-hydrogen) atoms. The zero-order chi connectivity index (χ0) is 9.14. The maximum Gasteiger partial charge on any atom is 0.135 e. The van der Waals surface area contributed by atoms with E-state index in [-0.39, 0.29) is 0 Å². The minimum atomic E-state index is 0.559. The maximum atomic E-state index is 5.52. The Balaban J connectivity index is 3.18. The highest BCUT2D eigenvalue weighted by Crippen LogP contribution is 2.29. The van der Waals surface area contributed by atoms with Crippen LogP contribution in [0.4, 0.5) is 0 Å². The molecule has 66 valence electrons. The molecule has 0 aliphatic carbocycles. The van der Waals surface area contributed by atoms with E-state index >= 15 is 0 Å². The fourth-order valence-electron chi connectivity index (χ4n) is 1.18. The van der Waals surface area contributed by atoms with E-state index in [2.05, 4.69) is 15.9 Å². The molecule has 2 N–H and O–H groups in total. The zero-order valence-electron chi connectivity index (χ0n) is 7.23. The Morgan fingerprint density at radius 1 is 1.50 bits per heavy atom. The first-order valence-corrected chi connectivity index (χ1v) is 4.51. The molecule has 0 radical (unpaired) electrons. The van der Waals surface area contributed by atoms with Crippen molar-refractivity contribution >= 4 is 15.9 Å². The van der Waals surface area contributed by atoms with Gasteiger partial charge in [-0.15, -0.1) is 0 Å². The van der Waals surface area contributed by atoms with Crippen molar-refractivity contribution < 1.29 is 4.74 Å². The molecule has 0 aromatic heterocycles. The molecule has 0 heterocycles. The number of rotatable bonds is 2. The minimum absolute atomic E-state index is 0.559. The van der Waals surface area contributed by atoms with Crippen molar-refractivity contribution in [3.8, 4) is 5.75 Å². The van der Waals surface area contributed by atoms with Crippen LogP contribution >= 0.6 is 15.9 Å². The highest BCUT2D eigenvalue weighted by molar-refractivity contribution is 9.10. The van der Waals surface area contributed by atoms with Crippen LogP contribution < -0.4 is 10.5 Å². The fraction of sp³-hybridized carbons (Fsp3) is 0.333. The molecule has 0 aliphatic rings. The molecule has 0 amide bonds. The molecular formula is C9H12BrNO. The SMILES string of the molecule is COc1c(C)cc(CN)cc1Br. The Labute approximate surface area is 80.8 Å². The van der Waals surface area contributed by atoms with Gasteiger partial charge in [0.05, 0.1) is 11.6 Å². The van der Waals surface area contributed by atoms with E-state index < -0.39 is 0 Å². The van der Waals surface area contributed by atoms with Gasteiger partial charge >= 0.3 is 0 Å². The van der Waals surface area contributed by atoms with Gasteiger partial charge in [-0.2, -0.15) is 0 Å². The number of benzene rings is 1. The van der Waals surface area contributed by atoms with Gasteiger partial charge < -0.3 is 10.5 Å². The molecule has 0 unspecified atom stereocenters. The minimum Gasteiger partial charge on any atom is -0.495 e. The molecule has 1 aromatic carbocycles. The molecule has 0 aliphatic heterocycles. The molecule has 0 saturated heterocycles. The highest BCUT2D eigenvalue weighted by atomic mass is 79.9. The van der Waals surface area contributed by atoms with Crippen LogP contribution in [0.5, 0.6) is 5.75 Å². The molecule has 0 bridgehead atoms. The maximum absolute atomic E-state index is 5.52. The standard InChI is InChI=1S/C9H12BrNO/c1-6-3-7(5-11)4-8(10)9(6)12-2/h3-4H,5,11H2,1-2H3. The summed E-state index contributed by atoms with van der Waals surface area (Å²) < 4.78 is 6.15. The van der Waals surface area contributed by atoms with E-state index in [1.54, 1.807) is 7.11 Å². The van der Waals surface area contributed by atoms with E-state index in [0.29, 0.717) is 6.54 Å². The number of hydrogen-bond acceptors (Lipinski definition) is 2. The van der Waals surface area contributed by atoms with Crippen LogP contribution in [-0.4, -0.2) is 7.11 Å². The summed E-state index contributed by atoms with van der Waals surface area (Å²) in [5.41, 5.74) is 7.73. The van der Waals surface area contributed by atoms with Crippen molar-refractivity contribution in [3.63, 3.8) is 0 Å². The Hall–Kier alpha value is -0.540. The number of methoxy groups -OCH3 is 1. The highest BCUT2D eigenvalue weighted by Gasteiger charge is 2.04. The van der Waals surface area contributed by atoms with Crippen LogP contribution in [-0.2, 0) is 6.54 Å². The van der Waals surface area contributed by atoms with Crippen LogP contribution in [0.15, 0.2) is 16.6 Å². The monoisotopic (exact) mass is 229 g/mol. The summed E-state index contributed by atoms with van der Waals surface area (Å²) in [7, 11) is 1.66. The van der Waals surface area contributed by atoms with Crippen molar-refractivity contribution in [2.75, 3.05) is 7.11 Å². The number of nitrogens with two attached hydrogens (primary N) is 1. The predicted octanol–water partition coefficient (Wildman–Crippen LogP) is 2.22. The lowest BCUT2D eigenvalue weighted by Gasteiger charge is -2.08. The zero-order valence-corrected chi connectivity index (χ0v) is 8.81. The Morgan fingerprint density at radius 3 is 2.58 bits per heavy atom. The molecule has 0 fully saturated rings. The molecule has 1 rings (SSSR count). The molecule has 2 nitrogen and oxygen atoms in total. The lowest BCUT2D eigenvalue weighted by molar-refractivity contribution is 0.409. The van der Waals surface area contributed by atoms with Crippen molar-refractivity contribution in [2.45, 2.75) is 13.5 Å². The first-order chi connectivity index (χ1) is 5.69. The smallest absolute Gasteiger partial charge is 0.135 e. The third-order valence-electron chi connectivity index (χ3n) is 1.73. The van der Waals surface area contributed by atoms with Gasteiger partial charge in [0, 0.05) is 6.54 Å². The van der Waals surface area contributed by atoms with Gasteiger partial charge in [0.15, 0.2) is 0 Å². The van der Waals surface area contributed by atoms with E-state index in [1.807, 2.05) is 19.1 Å². The number of ether oxygens (including phenoxy) is 1. The van der Waals surface area contributed by atoms with Gasteiger partial charge in [0.25, 0.3) is 0 Å². The summed E-state index contributed by atoms with van der Waals surface area (Å²) in [4.78, 5) is 0. The molecule has 1 aromatic rings. The molecule has 0 atom stereocenters. The second-order valence-electron chi connectivity index (χ2n) is 2.63. The van der Waals surface area contributed by atoms with Gasteiger partial charge in [-0.25, -0.2) is 0 Å². The van der Waals surface area contributed by atoms with E-state index in [4.69, 9.17) is 10.5 Å². The first-order valence-electron chi connectivity index (χ1n) is 3.72. The van der Waals surface area contributed by atoms with Crippen LogP contribution in [0.1, 0.15) is 11.1 Å². The second kappa shape index (κ2) is 3.92. The lowest BCUT2D eigenvalue weighted by Crippen LogP contribution is -1.98.